The van der Waals surface area contributed by atoms with E-state index in [-0.39, 0.29) is 6.42 Å². The first kappa shape index (κ1) is 19.8. The summed E-state index contributed by atoms with van der Waals surface area (Å²) in [5.74, 6) is 0.324. The highest BCUT2D eigenvalue weighted by molar-refractivity contribution is 6.30. The van der Waals surface area contributed by atoms with Crippen LogP contribution < -0.4 is 9.47 Å². The molecule has 0 fully saturated rings. The van der Waals surface area contributed by atoms with E-state index in [1.165, 1.54) is 0 Å². The van der Waals surface area contributed by atoms with Gasteiger partial charge in [-0.05, 0) is 61.4 Å². The standard InChI is InChI=1S/C21H21ClN2O4/c1-14-11-18(24(23-14)17-7-5-16(22)6-8-17)13-28-19-9-3-15(4-10-21(25)26)12-20(19)27-2/h3,5-9,11-12H,4,10,13H2,1-2H3,(H,25,26). The molecule has 1 N–H and O–H groups in total. The summed E-state index contributed by atoms with van der Waals surface area (Å²) in [7, 11) is 1.56. The van der Waals surface area contributed by atoms with E-state index in [4.69, 9.17) is 26.2 Å². The number of ether oxygens (including phenoxy) is 2. The lowest BCUT2D eigenvalue weighted by Crippen LogP contribution is -2.06. The van der Waals surface area contributed by atoms with Gasteiger partial charge in [-0.15, -0.1) is 0 Å². The highest BCUT2D eigenvalue weighted by Crippen LogP contribution is 2.29. The largest absolute Gasteiger partial charge is 0.493 e. The smallest absolute Gasteiger partial charge is 0.303 e. The van der Waals surface area contributed by atoms with E-state index in [1.54, 1.807) is 19.2 Å². The summed E-state index contributed by atoms with van der Waals surface area (Å²) in [5, 5.41) is 14.0. The van der Waals surface area contributed by atoms with Crippen molar-refractivity contribution >= 4 is 17.6 Å². The molecule has 1 heterocycles. The summed E-state index contributed by atoms with van der Waals surface area (Å²) in [4.78, 5) is 10.8. The quantitative estimate of drug-likeness (QED) is 0.605. The predicted molar refractivity (Wildman–Crippen MR) is 107 cm³/mol. The molecule has 0 radical (unpaired) electrons. The topological polar surface area (TPSA) is 73.6 Å². The second-order valence-corrected chi connectivity index (χ2v) is 6.77. The summed E-state index contributed by atoms with van der Waals surface area (Å²) in [6.45, 7) is 2.22. The van der Waals surface area contributed by atoms with E-state index in [1.807, 2.05) is 48.0 Å². The van der Waals surface area contributed by atoms with Gasteiger partial charge in [0.1, 0.15) is 6.61 Å². The van der Waals surface area contributed by atoms with Crippen molar-refractivity contribution in [2.75, 3.05) is 7.11 Å². The minimum absolute atomic E-state index is 0.0723. The van der Waals surface area contributed by atoms with Crippen LogP contribution in [0, 0.1) is 6.92 Å². The SMILES string of the molecule is COc1cc(CCC(=O)O)ccc1OCc1cc(C)nn1-c1ccc(Cl)cc1. The molecule has 146 valence electrons. The maximum atomic E-state index is 10.8. The molecule has 3 rings (SSSR count). The predicted octanol–water partition coefficient (Wildman–Crippen LogP) is 4.44. The lowest BCUT2D eigenvalue weighted by Gasteiger charge is -2.13. The molecule has 0 aliphatic heterocycles. The Labute approximate surface area is 168 Å². The van der Waals surface area contributed by atoms with Gasteiger partial charge in [-0.25, -0.2) is 4.68 Å². The van der Waals surface area contributed by atoms with Crippen LogP contribution in [0.5, 0.6) is 11.5 Å². The number of hydrogen-bond donors (Lipinski definition) is 1. The van der Waals surface area contributed by atoms with E-state index in [0.29, 0.717) is 29.5 Å². The second-order valence-electron chi connectivity index (χ2n) is 6.33. The molecule has 0 aliphatic carbocycles. The van der Waals surface area contributed by atoms with Gasteiger partial charge in [0.25, 0.3) is 0 Å². The Hall–Kier alpha value is -2.99. The normalized spacial score (nSPS) is 10.7. The molecular weight excluding hydrogens is 380 g/mol. The van der Waals surface area contributed by atoms with Gasteiger partial charge < -0.3 is 14.6 Å². The Morgan fingerprint density at radius 1 is 1.14 bits per heavy atom. The van der Waals surface area contributed by atoms with Crippen LogP contribution >= 0.6 is 11.6 Å². The average Bonchev–Trinajstić information content (AvgIpc) is 3.06. The molecule has 0 amide bonds. The number of methoxy groups -OCH3 is 1. The van der Waals surface area contributed by atoms with Gasteiger partial charge in [0, 0.05) is 11.4 Å². The summed E-state index contributed by atoms with van der Waals surface area (Å²) < 4.78 is 13.2. The maximum Gasteiger partial charge on any atom is 0.303 e. The van der Waals surface area contributed by atoms with Crippen LogP contribution in [-0.4, -0.2) is 28.0 Å². The summed E-state index contributed by atoms with van der Waals surface area (Å²) in [5.41, 5.74) is 3.54. The van der Waals surface area contributed by atoms with Crippen LogP contribution in [0.3, 0.4) is 0 Å². The first-order valence-electron chi connectivity index (χ1n) is 8.79. The van der Waals surface area contributed by atoms with Gasteiger partial charge in [-0.2, -0.15) is 5.10 Å². The van der Waals surface area contributed by atoms with Gasteiger partial charge in [0.2, 0.25) is 0 Å². The lowest BCUT2D eigenvalue weighted by atomic mass is 10.1. The monoisotopic (exact) mass is 400 g/mol. The number of benzene rings is 2. The van der Waals surface area contributed by atoms with Crippen molar-refractivity contribution in [3.63, 3.8) is 0 Å². The molecule has 0 atom stereocenters. The molecular formula is C21H21ClN2O4. The number of aliphatic carboxylic acids is 1. The summed E-state index contributed by atoms with van der Waals surface area (Å²) in [6.07, 6.45) is 0.511. The number of rotatable bonds is 8. The minimum Gasteiger partial charge on any atom is -0.493 e. The van der Waals surface area contributed by atoms with Crippen LogP contribution in [0.15, 0.2) is 48.5 Å². The maximum absolute atomic E-state index is 10.8. The number of aromatic nitrogens is 2. The van der Waals surface area contributed by atoms with Gasteiger partial charge in [-0.1, -0.05) is 17.7 Å². The zero-order valence-corrected chi connectivity index (χ0v) is 16.4. The van der Waals surface area contributed by atoms with Crippen molar-refractivity contribution in [3.05, 3.63) is 70.5 Å². The van der Waals surface area contributed by atoms with Gasteiger partial charge in [0.05, 0.1) is 24.2 Å². The number of carboxylic acids is 1. The number of aryl methyl sites for hydroxylation is 2. The Morgan fingerprint density at radius 2 is 1.89 bits per heavy atom. The Bertz CT molecular complexity index is 967. The van der Waals surface area contributed by atoms with Crippen LogP contribution in [0.1, 0.15) is 23.4 Å². The molecule has 0 spiro atoms. The summed E-state index contributed by atoms with van der Waals surface area (Å²) >= 11 is 5.97. The number of nitrogens with zero attached hydrogens (tertiary/aromatic N) is 2. The van der Waals surface area contributed by atoms with Crippen LogP contribution in [0.25, 0.3) is 5.69 Å². The van der Waals surface area contributed by atoms with Gasteiger partial charge >= 0.3 is 5.97 Å². The summed E-state index contributed by atoms with van der Waals surface area (Å²) in [6, 6.07) is 14.8. The highest BCUT2D eigenvalue weighted by Gasteiger charge is 2.12. The molecule has 1 aromatic heterocycles. The third-order valence-corrected chi connectivity index (χ3v) is 4.46. The van der Waals surface area contributed by atoms with Crippen molar-refractivity contribution in [3.8, 4) is 17.2 Å². The van der Waals surface area contributed by atoms with Crippen molar-refractivity contribution < 1.29 is 19.4 Å². The molecule has 3 aromatic rings. The fourth-order valence-electron chi connectivity index (χ4n) is 2.85. The van der Waals surface area contributed by atoms with Crippen molar-refractivity contribution in [1.29, 1.82) is 0 Å². The van der Waals surface area contributed by atoms with Crippen molar-refractivity contribution in [2.45, 2.75) is 26.4 Å². The Morgan fingerprint density at radius 3 is 2.57 bits per heavy atom. The van der Waals surface area contributed by atoms with Gasteiger partial charge in [0.15, 0.2) is 11.5 Å². The fraction of sp³-hybridized carbons (Fsp3) is 0.238. The molecule has 0 bridgehead atoms. The van der Waals surface area contributed by atoms with E-state index >= 15 is 0 Å². The molecule has 2 aromatic carbocycles. The third kappa shape index (κ3) is 4.84. The van der Waals surface area contributed by atoms with Crippen LogP contribution in [0.2, 0.25) is 5.02 Å². The van der Waals surface area contributed by atoms with E-state index in [2.05, 4.69) is 5.10 Å². The number of halogens is 1. The van der Waals surface area contributed by atoms with E-state index in [9.17, 15) is 4.79 Å². The Kier molecular flexibility index (Phi) is 6.21. The number of hydrogen-bond acceptors (Lipinski definition) is 4. The molecule has 7 heteroatoms. The highest BCUT2D eigenvalue weighted by atomic mass is 35.5. The first-order chi connectivity index (χ1) is 13.5. The number of carbonyl (C=O) groups is 1. The molecule has 28 heavy (non-hydrogen) atoms. The molecule has 0 saturated heterocycles. The molecule has 0 saturated carbocycles. The van der Waals surface area contributed by atoms with Gasteiger partial charge in [-0.3, -0.25) is 4.79 Å². The van der Waals surface area contributed by atoms with Crippen molar-refractivity contribution in [2.24, 2.45) is 0 Å². The zero-order valence-electron chi connectivity index (χ0n) is 15.7. The van der Waals surface area contributed by atoms with Crippen LogP contribution in [-0.2, 0) is 17.8 Å². The van der Waals surface area contributed by atoms with E-state index in [0.717, 1.165) is 22.6 Å². The molecule has 0 unspecified atom stereocenters. The van der Waals surface area contributed by atoms with Crippen LogP contribution in [0.4, 0.5) is 0 Å². The second kappa shape index (κ2) is 8.80. The fourth-order valence-corrected chi connectivity index (χ4v) is 2.98. The molecule has 6 nitrogen and oxygen atoms in total. The lowest BCUT2D eigenvalue weighted by molar-refractivity contribution is -0.136. The molecule has 0 aliphatic rings. The number of carboxylic acid groups (broad SMARTS) is 1. The first-order valence-corrected chi connectivity index (χ1v) is 9.17. The van der Waals surface area contributed by atoms with E-state index < -0.39 is 5.97 Å². The third-order valence-electron chi connectivity index (χ3n) is 4.21. The van der Waals surface area contributed by atoms with Crippen molar-refractivity contribution in [1.82, 2.24) is 9.78 Å². The minimum atomic E-state index is -0.829. The average molecular weight is 401 g/mol. The zero-order chi connectivity index (χ0) is 20.1. The Balaban J connectivity index is 1.77.